The average molecular weight is 334 g/mol. The fourth-order valence-electron chi connectivity index (χ4n) is 4.92. The maximum atomic E-state index is 13.4. The molecule has 1 aliphatic heterocycles. The van der Waals surface area contributed by atoms with Crippen LogP contribution in [0.4, 0.5) is 0 Å². The molecule has 3 nitrogen and oxygen atoms in total. The molecule has 0 radical (unpaired) electrons. The molecule has 2 atom stereocenters. The summed E-state index contributed by atoms with van der Waals surface area (Å²) in [6.07, 6.45) is 9.02. The molecule has 0 bridgehead atoms. The van der Waals surface area contributed by atoms with Gasteiger partial charge in [-0.25, -0.2) is 0 Å². The summed E-state index contributed by atoms with van der Waals surface area (Å²) in [6, 6.07) is 10.2. The number of rotatable bonds is 2. The summed E-state index contributed by atoms with van der Waals surface area (Å²) in [4.78, 5) is 20.3. The zero-order chi connectivity index (χ0) is 16.8. The molecule has 1 aromatic heterocycles. The largest absolute Gasteiger partial charge is 0.338 e. The van der Waals surface area contributed by atoms with Gasteiger partial charge < -0.3 is 4.90 Å². The number of fused-ring (bicyclic) bond motifs is 2. The lowest BCUT2D eigenvalue weighted by Crippen LogP contribution is -2.44. The zero-order valence-electron chi connectivity index (χ0n) is 14.8. The van der Waals surface area contributed by atoms with Crippen LogP contribution in [0, 0.1) is 11.8 Å². The van der Waals surface area contributed by atoms with E-state index in [1.54, 1.807) is 0 Å². The number of aromatic nitrogens is 1. The Morgan fingerprint density at radius 1 is 1.00 bits per heavy atom. The first-order valence-electron chi connectivity index (χ1n) is 9.98. The Labute approximate surface area is 149 Å². The van der Waals surface area contributed by atoms with Crippen LogP contribution in [0.5, 0.6) is 0 Å². The molecule has 3 heteroatoms. The van der Waals surface area contributed by atoms with E-state index in [4.69, 9.17) is 4.98 Å². The highest BCUT2D eigenvalue weighted by Crippen LogP contribution is 2.41. The predicted molar refractivity (Wildman–Crippen MR) is 99.7 cm³/mol. The van der Waals surface area contributed by atoms with Crippen molar-refractivity contribution >= 4 is 16.8 Å². The van der Waals surface area contributed by atoms with Gasteiger partial charge in [-0.2, -0.15) is 0 Å². The molecule has 3 fully saturated rings. The molecule has 1 amide bonds. The van der Waals surface area contributed by atoms with Crippen molar-refractivity contribution in [3.05, 3.63) is 41.6 Å². The molecule has 0 unspecified atom stereocenters. The number of amides is 1. The van der Waals surface area contributed by atoms with Gasteiger partial charge in [0.2, 0.25) is 0 Å². The van der Waals surface area contributed by atoms with Gasteiger partial charge >= 0.3 is 0 Å². The van der Waals surface area contributed by atoms with Gasteiger partial charge in [0.05, 0.1) is 11.1 Å². The lowest BCUT2D eigenvalue weighted by Gasteiger charge is -2.41. The van der Waals surface area contributed by atoms with Crippen molar-refractivity contribution in [3.63, 3.8) is 0 Å². The summed E-state index contributed by atoms with van der Waals surface area (Å²) in [7, 11) is 0. The standard InChI is InChI=1S/C22H26N2O/c25-22(24-12-11-15-5-1-2-6-17(15)14-24)19-13-21(16-9-10-16)23-20-8-4-3-7-18(19)20/h3-4,7-8,13,15-17H,1-2,5-6,9-12,14H2/t15-,17+/m0/s1. The number of nitrogens with zero attached hydrogens (tertiary/aromatic N) is 2. The maximum absolute atomic E-state index is 13.4. The second kappa shape index (κ2) is 6.12. The van der Waals surface area contributed by atoms with Gasteiger partial charge in [-0.15, -0.1) is 0 Å². The summed E-state index contributed by atoms with van der Waals surface area (Å²) >= 11 is 0. The third-order valence-electron chi connectivity index (χ3n) is 6.54. The van der Waals surface area contributed by atoms with E-state index >= 15 is 0 Å². The van der Waals surface area contributed by atoms with Crippen molar-refractivity contribution in [2.45, 2.75) is 50.9 Å². The van der Waals surface area contributed by atoms with Crippen LogP contribution in [0.15, 0.2) is 30.3 Å². The predicted octanol–water partition coefficient (Wildman–Crippen LogP) is 4.76. The molecule has 5 rings (SSSR count). The van der Waals surface area contributed by atoms with E-state index in [-0.39, 0.29) is 5.91 Å². The van der Waals surface area contributed by atoms with Crippen molar-refractivity contribution in [3.8, 4) is 0 Å². The van der Waals surface area contributed by atoms with Crippen LogP contribution in [0.2, 0.25) is 0 Å². The average Bonchev–Trinajstić information content (AvgIpc) is 3.51. The maximum Gasteiger partial charge on any atom is 0.254 e. The smallest absolute Gasteiger partial charge is 0.254 e. The zero-order valence-corrected chi connectivity index (χ0v) is 14.8. The minimum Gasteiger partial charge on any atom is -0.338 e. The van der Waals surface area contributed by atoms with Crippen molar-refractivity contribution in [1.29, 1.82) is 0 Å². The Bertz CT molecular complexity index is 811. The number of carbonyl (C=O) groups is 1. The van der Waals surface area contributed by atoms with Crippen LogP contribution in [0.3, 0.4) is 0 Å². The third-order valence-corrected chi connectivity index (χ3v) is 6.54. The normalized spacial score (nSPS) is 26.5. The Kier molecular flexibility index (Phi) is 3.76. The van der Waals surface area contributed by atoms with Crippen LogP contribution in [0.1, 0.15) is 66.9 Å². The summed E-state index contributed by atoms with van der Waals surface area (Å²) in [5.41, 5.74) is 2.97. The lowest BCUT2D eigenvalue weighted by atomic mass is 9.75. The number of hydrogen-bond acceptors (Lipinski definition) is 2. The van der Waals surface area contributed by atoms with Crippen LogP contribution in [0.25, 0.3) is 10.9 Å². The Morgan fingerprint density at radius 2 is 1.80 bits per heavy atom. The van der Waals surface area contributed by atoms with Crippen LogP contribution in [-0.2, 0) is 0 Å². The highest BCUT2D eigenvalue weighted by molar-refractivity contribution is 6.06. The number of piperidine rings is 1. The van der Waals surface area contributed by atoms with E-state index in [1.807, 2.05) is 18.2 Å². The monoisotopic (exact) mass is 334 g/mol. The van der Waals surface area contributed by atoms with Crippen LogP contribution >= 0.6 is 0 Å². The van der Waals surface area contributed by atoms with Gasteiger partial charge in [-0.05, 0) is 49.7 Å². The Balaban J connectivity index is 1.48. The number of likely N-dealkylation sites (tertiary alicyclic amines) is 1. The molecule has 0 N–H and O–H groups in total. The summed E-state index contributed by atoms with van der Waals surface area (Å²) in [6.45, 7) is 1.88. The van der Waals surface area contributed by atoms with E-state index in [2.05, 4.69) is 17.0 Å². The molecular weight excluding hydrogens is 308 g/mol. The Morgan fingerprint density at radius 3 is 2.64 bits per heavy atom. The molecular formula is C22H26N2O. The number of pyridine rings is 1. The summed E-state index contributed by atoms with van der Waals surface area (Å²) < 4.78 is 0. The number of benzene rings is 1. The Hall–Kier alpha value is -1.90. The molecule has 2 heterocycles. The molecule has 1 saturated heterocycles. The molecule has 25 heavy (non-hydrogen) atoms. The number of hydrogen-bond donors (Lipinski definition) is 0. The van der Waals surface area contributed by atoms with E-state index in [9.17, 15) is 4.79 Å². The van der Waals surface area contributed by atoms with Gasteiger partial charge in [-0.1, -0.05) is 37.5 Å². The van der Waals surface area contributed by atoms with Gasteiger partial charge in [0.25, 0.3) is 5.91 Å². The highest BCUT2D eigenvalue weighted by atomic mass is 16.2. The second-order valence-corrected chi connectivity index (χ2v) is 8.23. The van der Waals surface area contributed by atoms with E-state index in [1.165, 1.54) is 44.9 Å². The van der Waals surface area contributed by atoms with Crippen molar-refractivity contribution in [2.24, 2.45) is 11.8 Å². The number of carbonyl (C=O) groups excluding carboxylic acids is 1. The van der Waals surface area contributed by atoms with Crippen molar-refractivity contribution in [2.75, 3.05) is 13.1 Å². The second-order valence-electron chi connectivity index (χ2n) is 8.23. The molecule has 0 spiro atoms. The topological polar surface area (TPSA) is 33.2 Å². The SMILES string of the molecule is O=C(c1cc(C2CC2)nc2ccccc12)N1CC[C@@H]2CCCC[C@@H]2C1. The molecule has 2 aromatic rings. The fraction of sp³-hybridized carbons (Fsp3) is 0.545. The fourth-order valence-corrected chi connectivity index (χ4v) is 4.92. The lowest BCUT2D eigenvalue weighted by molar-refractivity contribution is 0.0522. The first-order chi connectivity index (χ1) is 12.3. The molecule has 2 aliphatic carbocycles. The van der Waals surface area contributed by atoms with E-state index in [0.717, 1.165) is 47.1 Å². The van der Waals surface area contributed by atoms with Gasteiger partial charge in [-0.3, -0.25) is 9.78 Å². The van der Waals surface area contributed by atoms with E-state index < -0.39 is 0 Å². The molecule has 3 aliphatic rings. The van der Waals surface area contributed by atoms with Gasteiger partial charge in [0.15, 0.2) is 0 Å². The van der Waals surface area contributed by atoms with Crippen LogP contribution < -0.4 is 0 Å². The first kappa shape index (κ1) is 15.4. The van der Waals surface area contributed by atoms with Gasteiger partial charge in [0, 0.05) is 30.1 Å². The van der Waals surface area contributed by atoms with Crippen molar-refractivity contribution in [1.82, 2.24) is 9.88 Å². The summed E-state index contributed by atoms with van der Waals surface area (Å²) in [5, 5.41) is 1.02. The quantitative estimate of drug-likeness (QED) is 0.793. The van der Waals surface area contributed by atoms with Crippen molar-refractivity contribution < 1.29 is 4.79 Å². The first-order valence-corrected chi connectivity index (χ1v) is 9.98. The van der Waals surface area contributed by atoms with Gasteiger partial charge in [0.1, 0.15) is 0 Å². The minimum atomic E-state index is 0.226. The summed E-state index contributed by atoms with van der Waals surface area (Å²) in [5.74, 6) is 2.38. The molecule has 130 valence electrons. The molecule has 2 saturated carbocycles. The third kappa shape index (κ3) is 2.84. The van der Waals surface area contributed by atoms with E-state index in [0.29, 0.717) is 5.92 Å². The number of para-hydroxylation sites is 1. The minimum absolute atomic E-state index is 0.226. The van der Waals surface area contributed by atoms with Crippen LogP contribution in [-0.4, -0.2) is 28.9 Å². The highest BCUT2D eigenvalue weighted by Gasteiger charge is 2.34. The molecule has 1 aromatic carbocycles.